The Morgan fingerprint density at radius 2 is 0.684 bits per heavy atom. The van der Waals surface area contributed by atoms with Crippen molar-refractivity contribution in [2.75, 3.05) is 52.7 Å². The molecular weight excluding hydrogens is 344 g/mol. The van der Waals surface area contributed by atoms with Crippen LogP contribution in [0.5, 0.6) is 0 Å². The van der Waals surface area contributed by atoms with Crippen LogP contribution in [-0.2, 0) is 0 Å². The first kappa shape index (κ1) is 19.7. The van der Waals surface area contributed by atoms with Crippen molar-refractivity contribution in [2.45, 2.75) is 41.5 Å². The van der Waals surface area contributed by atoms with Gasteiger partial charge in [-0.3, -0.25) is 0 Å². The molecule has 0 aromatic carbocycles. The molecule has 0 aliphatic carbocycles. The Kier molecular flexibility index (Phi) is 12.9. The van der Waals surface area contributed by atoms with Crippen molar-refractivity contribution < 1.29 is 0 Å². The Balaban J connectivity index is 4.51. The van der Waals surface area contributed by atoms with Crippen LogP contribution < -0.4 is 0 Å². The van der Waals surface area contributed by atoms with Crippen molar-refractivity contribution >= 4 is 20.2 Å². The van der Waals surface area contributed by atoms with Crippen LogP contribution in [0.2, 0.25) is 0 Å². The fourth-order valence-electron chi connectivity index (χ4n) is 2.25. The number of nitrogens with zero attached hydrogens (tertiary/aromatic N) is 3. The predicted molar refractivity (Wildman–Crippen MR) is 89.1 cm³/mol. The summed E-state index contributed by atoms with van der Waals surface area (Å²) in [7, 11) is 0. The van der Waals surface area contributed by atoms with Crippen molar-refractivity contribution in [1.29, 1.82) is 0 Å². The fourth-order valence-corrected chi connectivity index (χ4v) is 11.3. The van der Waals surface area contributed by atoms with E-state index in [0.717, 1.165) is 0 Å². The minimum atomic E-state index is -1.22. The second-order valence-corrected chi connectivity index (χ2v) is 11.3. The van der Waals surface area contributed by atoms with Gasteiger partial charge in [0.25, 0.3) is 0 Å². The molecule has 0 unspecified atom stereocenters. The first-order valence-electron chi connectivity index (χ1n) is 8.04. The van der Waals surface area contributed by atoms with E-state index < -0.39 is 20.2 Å². The van der Waals surface area contributed by atoms with Gasteiger partial charge >= 0.3 is 129 Å². The standard InChI is InChI=1S/3C5H12N.Sb/c3*1-4-6(3)5-2;/h3*3-5H2,1-2H3;. The molecule has 0 N–H and O–H groups in total. The van der Waals surface area contributed by atoms with Crippen LogP contribution in [0.25, 0.3) is 0 Å². The Labute approximate surface area is 129 Å². The van der Waals surface area contributed by atoms with E-state index in [2.05, 4.69) is 56.2 Å². The van der Waals surface area contributed by atoms with E-state index in [1.165, 1.54) is 52.7 Å². The van der Waals surface area contributed by atoms with Crippen LogP contribution in [0.15, 0.2) is 0 Å². The van der Waals surface area contributed by atoms with E-state index in [1.54, 1.807) is 0 Å². The number of hydrogen-bond acceptors (Lipinski definition) is 3. The van der Waals surface area contributed by atoms with Crippen LogP contribution in [0.4, 0.5) is 0 Å². The molecule has 0 spiro atoms. The van der Waals surface area contributed by atoms with Gasteiger partial charge in [-0.15, -0.1) is 0 Å². The van der Waals surface area contributed by atoms with Gasteiger partial charge in [-0.25, -0.2) is 0 Å². The molecule has 0 saturated heterocycles. The Hall–Kier alpha value is 0.698. The summed E-state index contributed by atoms with van der Waals surface area (Å²) >= 11 is -1.22. The van der Waals surface area contributed by atoms with Crippen LogP contribution in [-0.4, -0.2) is 87.7 Å². The molecule has 0 radical (unpaired) electrons. The predicted octanol–water partition coefficient (Wildman–Crippen LogP) is 2.12. The van der Waals surface area contributed by atoms with E-state index in [0.29, 0.717) is 0 Å². The Bertz CT molecular complexity index is 157. The SMILES string of the molecule is CCN(CC)[CH2][Sb]([CH2]N(CC)CC)[CH2]N(CC)CC. The van der Waals surface area contributed by atoms with E-state index in [1.807, 2.05) is 0 Å². The van der Waals surface area contributed by atoms with Crippen LogP contribution >= 0.6 is 0 Å². The first-order valence-corrected chi connectivity index (χ1v) is 13.5. The minimum absolute atomic E-state index is 1.22. The Morgan fingerprint density at radius 3 is 0.842 bits per heavy atom. The molecule has 0 aliphatic heterocycles. The zero-order chi connectivity index (χ0) is 14.7. The zero-order valence-corrected chi connectivity index (χ0v) is 16.7. The quantitative estimate of drug-likeness (QED) is 0.481. The van der Waals surface area contributed by atoms with Gasteiger partial charge in [0.2, 0.25) is 0 Å². The van der Waals surface area contributed by atoms with Gasteiger partial charge in [-0.2, -0.15) is 0 Å². The molecule has 0 fully saturated rings. The van der Waals surface area contributed by atoms with Gasteiger partial charge < -0.3 is 0 Å². The maximum absolute atomic E-state index is 2.65. The normalized spacial score (nSPS) is 12.3. The van der Waals surface area contributed by atoms with Gasteiger partial charge in [0, 0.05) is 0 Å². The fraction of sp³-hybridized carbons (Fsp3) is 1.00. The summed E-state index contributed by atoms with van der Waals surface area (Å²) in [5.74, 6) is 0. The summed E-state index contributed by atoms with van der Waals surface area (Å²) in [5.41, 5.74) is 0. The molecule has 0 aliphatic rings. The summed E-state index contributed by atoms with van der Waals surface area (Å²) < 4.78 is 4.26. The summed E-state index contributed by atoms with van der Waals surface area (Å²) in [5, 5.41) is 0. The summed E-state index contributed by atoms with van der Waals surface area (Å²) in [6.45, 7) is 21.1. The second kappa shape index (κ2) is 12.4. The van der Waals surface area contributed by atoms with Gasteiger partial charge in [-0.05, 0) is 0 Å². The van der Waals surface area contributed by atoms with E-state index in [9.17, 15) is 0 Å². The summed E-state index contributed by atoms with van der Waals surface area (Å²) in [6, 6.07) is 0. The molecule has 0 heterocycles. The van der Waals surface area contributed by atoms with Gasteiger partial charge in [-0.1, -0.05) is 0 Å². The summed E-state index contributed by atoms with van der Waals surface area (Å²) in [6.07, 6.45) is 0. The van der Waals surface area contributed by atoms with Gasteiger partial charge in [0.05, 0.1) is 0 Å². The molecule has 0 aromatic heterocycles. The molecule has 0 bridgehead atoms. The van der Waals surface area contributed by atoms with Crippen LogP contribution in [0.3, 0.4) is 0 Å². The average molecular weight is 380 g/mol. The van der Waals surface area contributed by atoms with Gasteiger partial charge in [0.1, 0.15) is 0 Å². The van der Waals surface area contributed by atoms with Gasteiger partial charge in [0.15, 0.2) is 0 Å². The molecule has 0 rings (SSSR count). The Morgan fingerprint density at radius 1 is 0.474 bits per heavy atom. The second-order valence-electron chi connectivity index (χ2n) is 5.00. The molecule has 3 nitrogen and oxygen atoms in total. The van der Waals surface area contributed by atoms with E-state index in [4.69, 9.17) is 0 Å². The van der Waals surface area contributed by atoms with E-state index >= 15 is 0 Å². The zero-order valence-electron chi connectivity index (χ0n) is 14.2. The molecule has 116 valence electrons. The molecular formula is C15H36N3Sb. The molecule has 0 atom stereocenters. The summed E-state index contributed by atoms with van der Waals surface area (Å²) in [4.78, 5) is 7.95. The third kappa shape index (κ3) is 8.55. The molecule has 0 saturated carbocycles. The first-order chi connectivity index (χ1) is 9.14. The topological polar surface area (TPSA) is 9.72 Å². The maximum atomic E-state index is 2.65. The number of rotatable bonds is 12. The number of hydrogen-bond donors (Lipinski definition) is 0. The van der Waals surface area contributed by atoms with Crippen molar-refractivity contribution in [2.24, 2.45) is 0 Å². The van der Waals surface area contributed by atoms with E-state index in [-0.39, 0.29) is 0 Å². The molecule has 0 amide bonds. The van der Waals surface area contributed by atoms with Crippen molar-refractivity contribution in [3.05, 3.63) is 0 Å². The van der Waals surface area contributed by atoms with Crippen molar-refractivity contribution in [1.82, 2.24) is 14.7 Å². The molecule has 4 heteroatoms. The average Bonchev–Trinajstić information content (AvgIpc) is 2.46. The third-order valence-corrected chi connectivity index (χ3v) is 10.7. The van der Waals surface area contributed by atoms with Crippen molar-refractivity contribution in [3.63, 3.8) is 0 Å². The molecule has 19 heavy (non-hydrogen) atoms. The molecule has 0 aromatic rings. The van der Waals surface area contributed by atoms with Crippen molar-refractivity contribution in [3.8, 4) is 0 Å². The van der Waals surface area contributed by atoms with Crippen LogP contribution in [0.1, 0.15) is 41.5 Å². The third-order valence-electron chi connectivity index (χ3n) is 3.88. The monoisotopic (exact) mass is 379 g/mol. The van der Waals surface area contributed by atoms with Crippen LogP contribution in [0, 0.1) is 0 Å².